The second-order valence-corrected chi connectivity index (χ2v) is 5.43. The van der Waals surface area contributed by atoms with Gasteiger partial charge in [-0.25, -0.2) is 0 Å². The van der Waals surface area contributed by atoms with E-state index in [1.54, 1.807) is 19.2 Å². The molecule has 0 bridgehead atoms. The van der Waals surface area contributed by atoms with Crippen molar-refractivity contribution >= 4 is 21.0 Å². The molecule has 1 aromatic carbocycles. The lowest BCUT2D eigenvalue weighted by atomic mass is 10.0. The highest BCUT2D eigenvalue weighted by Crippen LogP contribution is 2.30. The molecule has 5 heteroatoms. The van der Waals surface area contributed by atoms with E-state index in [-0.39, 0.29) is 0 Å². The summed E-state index contributed by atoms with van der Waals surface area (Å²) in [6.45, 7) is 1.73. The van der Waals surface area contributed by atoms with Crippen molar-refractivity contribution in [2.75, 3.05) is 0 Å². The second-order valence-electron chi connectivity index (χ2n) is 3.83. The van der Waals surface area contributed by atoms with Crippen LogP contribution >= 0.6 is 0 Å². The zero-order valence-corrected chi connectivity index (χ0v) is 10.2. The van der Waals surface area contributed by atoms with Crippen molar-refractivity contribution in [2.24, 2.45) is 0 Å². The van der Waals surface area contributed by atoms with Crippen molar-refractivity contribution < 1.29 is 13.0 Å². The fourth-order valence-electron chi connectivity index (χ4n) is 1.99. The van der Waals surface area contributed by atoms with E-state index in [0.717, 1.165) is 10.9 Å². The van der Waals surface area contributed by atoms with Gasteiger partial charge >= 0.3 is 0 Å². The molecule has 0 saturated carbocycles. The summed E-state index contributed by atoms with van der Waals surface area (Å²) in [6, 6.07) is 8.93. The molecule has 0 aliphatic carbocycles. The van der Waals surface area contributed by atoms with Crippen LogP contribution in [0.1, 0.15) is 24.2 Å². The number of para-hydroxylation sites is 1. The smallest absolute Gasteiger partial charge is 0.272 e. The summed E-state index contributed by atoms with van der Waals surface area (Å²) >= 11 is 0. The average Bonchev–Trinajstić information content (AvgIpc) is 2.28. The molecule has 17 heavy (non-hydrogen) atoms. The van der Waals surface area contributed by atoms with E-state index >= 15 is 0 Å². The Morgan fingerprint density at radius 1 is 1.29 bits per heavy atom. The highest BCUT2D eigenvalue weighted by atomic mass is 32.2. The second kappa shape index (κ2) is 4.43. The highest BCUT2D eigenvalue weighted by molar-refractivity contribution is 7.86. The van der Waals surface area contributed by atoms with Gasteiger partial charge in [-0.3, -0.25) is 9.54 Å². The van der Waals surface area contributed by atoms with Gasteiger partial charge in [0.15, 0.2) is 0 Å². The monoisotopic (exact) mass is 251 g/mol. The van der Waals surface area contributed by atoms with Gasteiger partial charge in [0, 0.05) is 11.6 Å². The van der Waals surface area contributed by atoms with Crippen LogP contribution < -0.4 is 0 Å². The van der Waals surface area contributed by atoms with Gasteiger partial charge in [0.1, 0.15) is 5.25 Å². The third kappa shape index (κ3) is 2.30. The molecule has 1 heterocycles. The summed E-state index contributed by atoms with van der Waals surface area (Å²) in [4.78, 5) is 4.16. The van der Waals surface area contributed by atoms with Crippen LogP contribution in [0.2, 0.25) is 0 Å². The van der Waals surface area contributed by atoms with E-state index in [2.05, 4.69) is 4.98 Å². The quantitative estimate of drug-likeness (QED) is 0.851. The zero-order chi connectivity index (χ0) is 12.5. The Balaban J connectivity index is 2.70. The Bertz CT molecular complexity index is 632. The number of aromatic nitrogens is 1. The van der Waals surface area contributed by atoms with Crippen LogP contribution in [0.15, 0.2) is 36.5 Å². The van der Waals surface area contributed by atoms with Gasteiger partial charge in [-0.05, 0) is 24.1 Å². The van der Waals surface area contributed by atoms with Gasteiger partial charge in [-0.2, -0.15) is 8.42 Å². The van der Waals surface area contributed by atoms with E-state index in [0.29, 0.717) is 12.0 Å². The molecule has 1 unspecified atom stereocenters. The molecule has 2 rings (SSSR count). The van der Waals surface area contributed by atoms with Crippen molar-refractivity contribution in [2.45, 2.75) is 18.6 Å². The van der Waals surface area contributed by atoms with Gasteiger partial charge in [-0.15, -0.1) is 0 Å². The summed E-state index contributed by atoms with van der Waals surface area (Å²) in [5, 5.41) is -0.130. The molecule has 2 aromatic rings. The molecule has 0 amide bonds. The topological polar surface area (TPSA) is 67.3 Å². The lowest BCUT2D eigenvalue weighted by Crippen LogP contribution is -2.11. The number of nitrogens with zero attached hydrogens (tertiary/aromatic N) is 1. The Labute approximate surface area is 100 Å². The molecule has 90 valence electrons. The highest BCUT2D eigenvalue weighted by Gasteiger charge is 2.24. The first kappa shape index (κ1) is 12.0. The van der Waals surface area contributed by atoms with E-state index < -0.39 is 15.4 Å². The van der Waals surface area contributed by atoms with Crippen LogP contribution in [-0.4, -0.2) is 18.0 Å². The maximum atomic E-state index is 11.3. The van der Waals surface area contributed by atoms with E-state index in [9.17, 15) is 13.0 Å². The predicted octanol–water partition coefficient (Wildman–Crippen LogP) is 2.57. The van der Waals surface area contributed by atoms with Crippen LogP contribution in [0.4, 0.5) is 0 Å². The number of hydrogen-bond acceptors (Lipinski definition) is 3. The molecule has 1 N–H and O–H groups in total. The fraction of sp³-hybridized carbons (Fsp3) is 0.250. The summed E-state index contributed by atoms with van der Waals surface area (Å²) in [7, 11) is -4.09. The first-order valence-corrected chi connectivity index (χ1v) is 6.84. The molecule has 0 spiro atoms. The first-order valence-electron chi connectivity index (χ1n) is 5.34. The Morgan fingerprint density at radius 2 is 2.00 bits per heavy atom. The molecule has 1 atom stereocenters. The van der Waals surface area contributed by atoms with Crippen molar-refractivity contribution in [3.63, 3.8) is 0 Å². The third-order valence-electron chi connectivity index (χ3n) is 2.76. The molecule has 1 aromatic heterocycles. The predicted molar refractivity (Wildman–Crippen MR) is 66.3 cm³/mol. The maximum Gasteiger partial charge on any atom is 0.272 e. The van der Waals surface area contributed by atoms with Crippen LogP contribution in [0.25, 0.3) is 10.9 Å². The van der Waals surface area contributed by atoms with Crippen molar-refractivity contribution in [1.29, 1.82) is 0 Å². The zero-order valence-electron chi connectivity index (χ0n) is 9.37. The SMILES string of the molecule is CCC(c1ccnc2ccccc12)S(=O)(=O)O. The fourth-order valence-corrected chi connectivity index (χ4v) is 2.94. The van der Waals surface area contributed by atoms with Gasteiger partial charge in [-0.1, -0.05) is 25.1 Å². The van der Waals surface area contributed by atoms with Crippen LogP contribution in [0.3, 0.4) is 0 Å². The summed E-state index contributed by atoms with van der Waals surface area (Å²) in [6.07, 6.45) is 1.89. The molecule has 0 radical (unpaired) electrons. The number of benzene rings is 1. The number of fused-ring (bicyclic) bond motifs is 1. The van der Waals surface area contributed by atoms with E-state index in [1.165, 1.54) is 0 Å². The van der Waals surface area contributed by atoms with Crippen molar-refractivity contribution in [3.05, 3.63) is 42.1 Å². The number of pyridine rings is 1. The minimum Gasteiger partial charge on any atom is -0.285 e. The molecule has 0 aliphatic heterocycles. The van der Waals surface area contributed by atoms with Crippen LogP contribution in [0, 0.1) is 0 Å². The van der Waals surface area contributed by atoms with E-state index in [4.69, 9.17) is 0 Å². The lowest BCUT2D eigenvalue weighted by molar-refractivity contribution is 0.467. The average molecular weight is 251 g/mol. The van der Waals surface area contributed by atoms with Crippen molar-refractivity contribution in [1.82, 2.24) is 4.98 Å². The van der Waals surface area contributed by atoms with Gasteiger partial charge in [0.05, 0.1) is 5.52 Å². The molecule has 0 fully saturated rings. The largest absolute Gasteiger partial charge is 0.285 e. The van der Waals surface area contributed by atoms with Crippen LogP contribution in [0.5, 0.6) is 0 Å². The van der Waals surface area contributed by atoms with Crippen molar-refractivity contribution in [3.8, 4) is 0 Å². The molecular weight excluding hydrogens is 238 g/mol. The van der Waals surface area contributed by atoms with Crippen LogP contribution in [-0.2, 0) is 10.1 Å². The summed E-state index contributed by atoms with van der Waals surface area (Å²) in [5.74, 6) is 0. The molecular formula is C12H13NO3S. The summed E-state index contributed by atoms with van der Waals surface area (Å²) < 4.78 is 31.9. The molecule has 0 aliphatic rings. The molecule has 4 nitrogen and oxygen atoms in total. The van der Waals surface area contributed by atoms with Gasteiger partial charge in [0.2, 0.25) is 0 Å². The standard InChI is InChI=1S/C12H13NO3S/c1-2-12(17(14,15)16)10-7-8-13-11-6-4-3-5-9(10)11/h3-8,12H,2H2,1H3,(H,14,15,16). The number of hydrogen-bond donors (Lipinski definition) is 1. The van der Waals surface area contributed by atoms with Gasteiger partial charge < -0.3 is 0 Å². The first-order chi connectivity index (χ1) is 8.04. The number of rotatable bonds is 3. The Kier molecular flexibility index (Phi) is 3.13. The minimum atomic E-state index is -4.09. The van der Waals surface area contributed by atoms with E-state index in [1.807, 2.05) is 24.3 Å². The maximum absolute atomic E-state index is 11.3. The summed E-state index contributed by atoms with van der Waals surface area (Å²) in [5.41, 5.74) is 1.33. The third-order valence-corrected chi connectivity index (χ3v) is 4.07. The molecule has 0 saturated heterocycles. The lowest BCUT2D eigenvalue weighted by Gasteiger charge is -2.14. The van der Waals surface area contributed by atoms with Gasteiger partial charge in [0.25, 0.3) is 10.1 Å². The minimum absolute atomic E-state index is 0.326. The Hall–Kier alpha value is -1.46. The normalized spacial score (nSPS) is 13.8. The Morgan fingerprint density at radius 3 is 2.65 bits per heavy atom.